The summed E-state index contributed by atoms with van der Waals surface area (Å²) in [5.74, 6) is 0.446. The number of hydrogen-bond donors (Lipinski definition) is 1. The minimum absolute atomic E-state index is 0.446. The first-order valence-corrected chi connectivity index (χ1v) is 5.72. The van der Waals surface area contributed by atoms with Crippen molar-refractivity contribution in [3.05, 3.63) is 53.1 Å². The fourth-order valence-corrected chi connectivity index (χ4v) is 1.74. The van der Waals surface area contributed by atoms with E-state index < -0.39 is 0 Å². The van der Waals surface area contributed by atoms with Crippen LogP contribution in [-0.2, 0) is 12.8 Å². The fourth-order valence-electron chi connectivity index (χ4n) is 1.74. The molecule has 0 saturated heterocycles. The lowest BCUT2D eigenvalue weighted by Crippen LogP contribution is -1.91. The molecule has 86 valence electrons. The van der Waals surface area contributed by atoms with Crippen LogP contribution in [-0.4, -0.2) is 5.11 Å². The van der Waals surface area contributed by atoms with Crippen LogP contribution < -0.4 is 0 Å². The molecular weight excluding hydrogens is 196 g/mol. The highest BCUT2D eigenvalue weighted by atomic mass is 16.3. The molecule has 0 bridgehead atoms. The number of hydrogen-bond acceptors (Lipinski definition) is 1. The summed E-state index contributed by atoms with van der Waals surface area (Å²) in [4.78, 5) is 0. The molecule has 0 aliphatic heterocycles. The molecule has 1 nitrogen and oxygen atoms in total. The third-order valence-electron chi connectivity index (χ3n) is 2.56. The van der Waals surface area contributed by atoms with Gasteiger partial charge in [0.25, 0.3) is 0 Å². The maximum atomic E-state index is 10.1. The van der Waals surface area contributed by atoms with Crippen molar-refractivity contribution in [1.82, 2.24) is 0 Å². The van der Waals surface area contributed by atoms with Crippen molar-refractivity contribution in [2.45, 2.75) is 33.6 Å². The number of aryl methyl sites for hydroxylation is 1. The van der Waals surface area contributed by atoms with Gasteiger partial charge >= 0.3 is 0 Å². The van der Waals surface area contributed by atoms with Gasteiger partial charge in [0.05, 0.1) is 0 Å². The number of phenols is 1. The zero-order valence-corrected chi connectivity index (χ0v) is 10.3. The van der Waals surface area contributed by atoms with E-state index in [1.165, 1.54) is 5.56 Å². The molecular formula is C15H20O. The van der Waals surface area contributed by atoms with E-state index in [0.717, 1.165) is 24.0 Å². The summed E-state index contributed by atoms with van der Waals surface area (Å²) >= 11 is 0. The van der Waals surface area contributed by atoms with Gasteiger partial charge in [0.2, 0.25) is 0 Å². The SMILES string of the molecule is CC=CCc1cc(C)cc(CC=CC)c1O. The largest absolute Gasteiger partial charge is 0.507 e. The van der Waals surface area contributed by atoms with Crippen LogP contribution in [0.3, 0.4) is 0 Å². The molecule has 0 aliphatic rings. The van der Waals surface area contributed by atoms with Gasteiger partial charge in [0, 0.05) is 0 Å². The molecule has 0 radical (unpaired) electrons. The summed E-state index contributed by atoms with van der Waals surface area (Å²) in [6, 6.07) is 4.10. The smallest absolute Gasteiger partial charge is 0.122 e. The van der Waals surface area contributed by atoms with Gasteiger partial charge in [0.15, 0.2) is 0 Å². The van der Waals surface area contributed by atoms with E-state index in [-0.39, 0.29) is 0 Å². The van der Waals surface area contributed by atoms with E-state index in [0.29, 0.717) is 5.75 Å². The van der Waals surface area contributed by atoms with E-state index >= 15 is 0 Å². The standard InChI is InChI=1S/C15H20O/c1-4-6-8-13-10-12(3)11-14(15(13)16)9-7-5-2/h4-7,10-11,16H,8-9H2,1-3H3. The van der Waals surface area contributed by atoms with Crippen LogP contribution >= 0.6 is 0 Å². The van der Waals surface area contributed by atoms with E-state index in [9.17, 15) is 5.11 Å². The maximum absolute atomic E-state index is 10.1. The molecule has 0 unspecified atom stereocenters. The summed E-state index contributed by atoms with van der Waals surface area (Å²) in [5, 5.41) is 10.1. The van der Waals surface area contributed by atoms with Gasteiger partial charge < -0.3 is 5.11 Å². The van der Waals surface area contributed by atoms with E-state index in [2.05, 4.69) is 31.2 Å². The molecule has 1 aromatic rings. The molecule has 0 heterocycles. The Labute approximate surface area is 98.1 Å². The van der Waals surface area contributed by atoms with Gasteiger partial charge in [-0.25, -0.2) is 0 Å². The predicted molar refractivity (Wildman–Crippen MR) is 69.9 cm³/mol. The highest BCUT2D eigenvalue weighted by Crippen LogP contribution is 2.26. The Morgan fingerprint density at radius 3 is 1.81 bits per heavy atom. The predicted octanol–water partition coefficient (Wildman–Crippen LogP) is 3.94. The first kappa shape index (κ1) is 12.6. The van der Waals surface area contributed by atoms with Crippen molar-refractivity contribution in [3.8, 4) is 5.75 Å². The Bertz CT molecular complexity index is 365. The first-order chi connectivity index (χ1) is 7.69. The topological polar surface area (TPSA) is 20.2 Å². The molecule has 0 saturated carbocycles. The van der Waals surface area contributed by atoms with Crippen LogP contribution in [0.2, 0.25) is 0 Å². The van der Waals surface area contributed by atoms with Crippen molar-refractivity contribution >= 4 is 0 Å². The average Bonchev–Trinajstić information content (AvgIpc) is 2.28. The van der Waals surface area contributed by atoms with Gasteiger partial charge in [-0.15, -0.1) is 0 Å². The van der Waals surface area contributed by atoms with E-state index in [1.807, 2.05) is 26.0 Å². The van der Waals surface area contributed by atoms with Gasteiger partial charge in [-0.05, 0) is 44.7 Å². The van der Waals surface area contributed by atoms with E-state index in [1.54, 1.807) is 0 Å². The fraction of sp³-hybridized carbons (Fsp3) is 0.333. The Balaban J connectivity index is 3.04. The average molecular weight is 216 g/mol. The quantitative estimate of drug-likeness (QED) is 0.756. The van der Waals surface area contributed by atoms with Crippen molar-refractivity contribution in [2.24, 2.45) is 0 Å². The Morgan fingerprint density at radius 1 is 1.00 bits per heavy atom. The normalized spacial score (nSPS) is 11.7. The van der Waals surface area contributed by atoms with Crippen LogP contribution in [0.15, 0.2) is 36.4 Å². The molecule has 0 atom stereocenters. The zero-order chi connectivity index (χ0) is 12.0. The minimum Gasteiger partial charge on any atom is -0.507 e. The summed E-state index contributed by atoms with van der Waals surface area (Å²) < 4.78 is 0. The van der Waals surface area contributed by atoms with Crippen LogP contribution in [0.5, 0.6) is 5.75 Å². The Morgan fingerprint density at radius 2 is 1.44 bits per heavy atom. The monoisotopic (exact) mass is 216 g/mol. The van der Waals surface area contributed by atoms with Gasteiger partial charge in [-0.3, -0.25) is 0 Å². The number of allylic oxidation sites excluding steroid dienone is 4. The molecule has 0 aliphatic carbocycles. The number of phenolic OH excluding ortho intramolecular Hbond substituents is 1. The minimum atomic E-state index is 0.446. The summed E-state index contributed by atoms with van der Waals surface area (Å²) in [6.07, 6.45) is 9.74. The molecule has 0 spiro atoms. The van der Waals surface area contributed by atoms with Crippen LogP contribution in [0.25, 0.3) is 0 Å². The van der Waals surface area contributed by atoms with Crippen molar-refractivity contribution in [1.29, 1.82) is 0 Å². The first-order valence-electron chi connectivity index (χ1n) is 5.72. The lowest BCUT2D eigenvalue weighted by atomic mass is 10.00. The van der Waals surface area contributed by atoms with Gasteiger partial charge in [0.1, 0.15) is 5.75 Å². The zero-order valence-electron chi connectivity index (χ0n) is 10.3. The second-order valence-corrected chi connectivity index (χ2v) is 3.98. The second kappa shape index (κ2) is 6.16. The molecule has 1 aromatic carbocycles. The highest BCUT2D eigenvalue weighted by molar-refractivity contribution is 5.45. The van der Waals surface area contributed by atoms with Crippen LogP contribution in [0.4, 0.5) is 0 Å². The second-order valence-electron chi connectivity index (χ2n) is 3.98. The number of benzene rings is 1. The molecule has 16 heavy (non-hydrogen) atoms. The molecule has 0 aromatic heterocycles. The van der Waals surface area contributed by atoms with Gasteiger partial charge in [-0.1, -0.05) is 42.0 Å². The molecule has 1 rings (SSSR count). The van der Waals surface area contributed by atoms with Crippen molar-refractivity contribution in [2.75, 3.05) is 0 Å². The third kappa shape index (κ3) is 3.27. The summed E-state index contributed by atoms with van der Waals surface area (Å²) in [5.41, 5.74) is 3.23. The molecule has 1 N–H and O–H groups in total. The third-order valence-corrected chi connectivity index (χ3v) is 2.56. The number of rotatable bonds is 4. The molecule has 0 fully saturated rings. The number of aromatic hydroxyl groups is 1. The van der Waals surface area contributed by atoms with Crippen LogP contribution in [0, 0.1) is 6.92 Å². The Kier molecular flexibility index (Phi) is 4.84. The maximum Gasteiger partial charge on any atom is 0.122 e. The molecule has 1 heteroatoms. The van der Waals surface area contributed by atoms with Gasteiger partial charge in [-0.2, -0.15) is 0 Å². The molecule has 0 amide bonds. The van der Waals surface area contributed by atoms with Crippen molar-refractivity contribution in [3.63, 3.8) is 0 Å². The Hall–Kier alpha value is -1.50. The van der Waals surface area contributed by atoms with Crippen molar-refractivity contribution < 1.29 is 5.11 Å². The van der Waals surface area contributed by atoms with E-state index in [4.69, 9.17) is 0 Å². The lowest BCUT2D eigenvalue weighted by molar-refractivity contribution is 0.464. The lowest BCUT2D eigenvalue weighted by Gasteiger charge is -2.09. The summed E-state index contributed by atoms with van der Waals surface area (Å²) in [7, 11) is 0. The highest BCUT2D eigenvalue weighted by Gasteiger charge is 2.06. The van der Waals surface area contributed by atoms with Crippen LogP contribution in [0.1, 0.15) is 30.5 Å². The summed E-state index contributed by atoms with van der Waals surface area (Å²) in [6.45, 7) is 6.05.